The van der Waals surface area contributed by atoms with E-state index >= 15 is 0 Å². The molecule has 0 spiro atoms. The summed E-state index contributed by atoms with van der Waals surface area (Å²) in [5.41, 5.74) is 5.95. The molecule has 39 heavy (non-hydrogen) atoms. The summed E-state index contributed by atoms with van der Waals surface area (Å²) in [5, 5.41) is 16.3. The Kier molecular flexibility index (Phi) is 16.8. The molecule has 0 bridgehead atoms. The van der Waals surface area contributed by atoms with Crippen molar-refractivity contribution in [1.82, 2.24) is 19.9 Å². The quantitative estimate of drug-likeness (QED) is 0.124. The van der Waals surface area contributed by atoms with Crippen LogP contribution in [0.4, 0.5) is 0 Å². The zero-order chi connectivity index (χ0) is 28.3. The van der Waals surface area contributed by atoms with Gasteiger partial charge in [0.05, 0.1) is 84.0 Å². The molecule has 1 aliphatic rings. The zero-order valence-corrected chi connectivity index (χ0v) is 23.3. The van der Waals surface area contributed by atoms with Crippen LogP contribution in [0.2, 0.25) is 0 Å². The Morgan fingerprint density at radius 3 is 2.15 bits per heavy atom. The summed E-state index contributed by atoms with van der Waals surface area (Å²) in [7, 11) is 0. The Morgan fingerprint density at radius 2 is 1.59 bits per heavy atom. The number of likely N-dealkylation sites (tertiary alicyclic amines) is 1. The van der Waals surface area contributed by atoms with Gasteiger partial charge in [0.25, 0.3) is 0 Å². The van der Waals surface area contributed by atoms with Gasteiger partial charge in [-0.3, -0.25) is 19.3 Å². The number of carboxylic acids is 1. The molecule has 222 valence electrons. The number of aromatic nitrogens is 3. The van der Waals surface area contributed by atoms with Gasteiger partial charge in [-0.2, -0.15) is 0 Å². The highest BCUT2D eigenvalue weighted by Gasteiger charge is 2.39. The minimum atomic E-state index is -1.15. The van der Waals surface area contributed by atoms with E-state index in [0.29, 0.717) is 71.7 Å². The van der Waals surface area contributed by atoms with Gasteiger partial charge in [-0.25, -0.2) is 4.68 Å². The molecule has 0 radical (unpaired) electrons. The SMILES string of the molecule is CCCCOCCOCCOCCOCCOCCn1cc(CN2C(=O)CC(SCC(N)C(=O)O)C2=O)nn1. The lowest BCUT2D eigenvalue weighted by molar-refractivity contribution is -0.139. The van der Waals surface area contributed by atoms with Crippen LogP contribution >= 0.6 is 11.8 Å². The van der Waals surface area contributed by atoms with Crippen LogP contribution in [0, 0.1) is 0 Å². The number of carboxylic acid groups (broad SMARTS) is 1. The van der Waals surface area contributed by atoms with Crippen LogP contribution in [0.25, 0.3) is 0 Å². The second kappa shape index (κ2) is 19.8. The Bertz CT molecular complexity index is 860. The summed E-state index contributed by atoms with van der Waals surface area (Å²) in [6.45, 7) is 7.79. The molecule has 14 nitrogen and oxygen atoms in total. The predicted octanol–water partition coefficient (Wildman–Crippen LogP) is -0.0662. The molecule has 0 aromatic carbocycles. The maximum absolute atomic E-state index is 12.5. The number of hydrogen-bond acceptors (Lipinski definition) is 12. The first-order valence-corrected chi connectivity index (χ1v) is 14.2. The molecular weight excluding hydrogens is 534 g/mol. The van der Waals surface area contributed by atoms with Gasteiger partial charge in [-0.1, -0.05) is 18.6 Å². The van der Waals surface area contributed by atoms with E-state index in [2.05, 4.69) is 17.2 Å². The minimum Gasteiger partial charge on any atom is -0.480 e. The molecule has 1 aromatic heterocycles. The number of aliphatic carboxylic acids is 1. The molecule has 2 atom stereocenters. The number of hydrogen-bond donors (Lipinski definition) is 2. The molecule has 1 fully saturated rings. The van der Waals surface area contributed by atoms with Crippen LogP contribution < -0.4 is 5.73 Å². The lowest BCUT2D eigenvalue weighted by Crippen LogP contribution is -2.34. The molecule has 2 heterocycles. The van der Waals surface area contributed by atoms with Crippen LogP contribution in [0.3, 0.4) is 0 Å². The van der Waals surface area contributed by atoms with Crippen molar-refractivity contribution in [1.29, 1.82) is 0 Å². The van der Waals surface area contributed by atoms with E-state index in [-0.39, 0.29) is 30.5 Å². The highest BCUT2D eigenvalue weighted by molar-refractivity contribution is 8.00. The van der Waals surface area contributed by atoms with Crippen molar-refractivity contribution < 1.29 is 43.2 Å². The van der Waals surface area contributed by atoms with Crippen molar-refractivity contribution in [2.45, 2.75) is 50.6 Å². The van der Waals surface area contributed by atoms with Crippen LogP contribution in [0.5, 0.6) is 0 Å². The van der Waals surface area contributed by atoms with E-state index in [1.807, 2.05) is 0 Å². The molecule has 1 saturated heterocycles. The predicted molar refractivity (Wildman–Crippen MR) is 141 cm³/mol. The lowest BCUT2D eigenvalue weighted by atomic mass is 10.3. The molecule has 1 aromatic rings. The normalized spacial score (nSPS) is 16.4. The fourth-order valence-corrected chi connectivity index (χ4v) is 4.42. The number of ether oxygens (including phenoxy) is 5. The van der Waals surface area contributed by atoms with Crippen LogP contribution in [-0.4, -0.2) is 126 Å². The van der Waals surface area contributed by atoms with Crippen molar-refractivity contribution in [3.05, 3.63) is 11.9 Å². The van der Waals surface area contributed by atoms with Crippen molar-refractivity contribution >= 4 is 29.5 Å². The standard InChI is InChI=1S/C24H41N5O9S/c1-2-3-5-34-7-9-36-11-13-38-14-12-37-10-8-35-6-4-28-16-19(26-27-28)17-29-22(30)15-21(23(29)31)39-18-20(25)24(32)33/h16,20-21H,2-15,17-18,25H2,1H3,(H,32,33). The third kappa shape index (κ3) is 13.7. The van der Waals surface area contributed by atoms with Crippen molar-refractivity contribution in [2.75, 3.05) is 71.8 Å². The monoisotopic (exact) mass is 575 g/mol. The van der Waals surface area contributed by atoms with Crippen molar-refractivity contribution in [3.8, 4) is 0 Å². The highest BCUT2D eigenvalue weighted by atomic mass is 32.2. The molecule has 2 rings (SSSR count). The number of nitrogens with zero attached hydrogens (tertiary/aromatic N) is 4. The number of rotatable bonds is 24. The number of nitrogens with two attached hydrogens (primary N) is 1. The average molecular weight is 576 g/mol. The Hall–Kier alpha value is -2.14. The Morgan fingerprint density at radius 1 is 1.03 bits per heavy atom. The summed E-state index contributed by atoms with van der Waals surface area (Å²) in [6.07, 6.45) is 3.86. The van der Waals surface area contributed by atoms with Gasteiger partial charge in [-0.05, 0) is 6.42 Å². The highest BCUT2D eigenvalue weighted by Crippen LogP contribution is 2.26. The topological polar surface area (TPSA) is 178 Å². The number of amides is 2. The third-order valence-corrected chi connectivity index (χ3v) is 6.82. The second-order valence-electron chi connectivity index (χ2n) is 8.68. The molecule has 1 aliphatic heterocycles. The maximum Gasteiger partial charge on any atom is 0.321 e. The lowest BCUT2D eigenvalue weighted by Gasteiger charge is -2.13. The van der Waals surface area contributed by atoms with Gasteiger partial charge in [0.15, 0.2) is 0 Å². The van der Waals surface area contributed by atoms with Gasteiger partial charge in [0, 0.05) is 18.8 Å². The summed E-state index contributed by atoms with van der Waals surface area (Å²) in [4.78, 5) is 36.8. The van der Waals surface area contributed by atoms with E-state index in [1.54, 1.807) is 10.9 Å². The van der Waals surface area contributed by atoms with E-state index < -0.39 is 17.3 Å². The van der Waals surface area contributed by atoms with Gasteiger partial charge in [0.2, 0.25) is 11.8 Å². The van der Waals surface area contributed by atoms with Crippen LogP contribution in [0.15, 0.2) is 6.20 Å². The first-order valence-electron chi connectivity index (χ1n) is 13.1. The first kappa shape index (κ1) is 33.1. The number of carbonyl (C=O) groups excluding carboxylic acids is 2. The average Bonchev–Trinajstić information content (AvgIpc) is 3.48. The van der Waals surface area contributed by atoms with E-state index in [1.165, 1.54) is 0 Å². The van der Waals surface area contributed by atoms with Crippen molar-refractivity contribution in [3.63, 3.8) is 0 Å². The maximum atomic E-state index is 12.5. The smallest absolute Gasteiger partial charge is 0.321 e. The summed E-state index contributed by atoms with van der Waals surface area (Å²) in [6, 6.07) is -1.09. The number of unbranched alkanes of at least 4 members (excludes halogenated alkanes) is 1. The molecule has 2 amide bonds. The van der Waals surface area contributed by atoms with Gasteiger partial charge in [-0.15, -0.1) is 16.9 Å². The number of thioether (sulfide) groups is 1. The van der Waals surface area contributed by atoms with Gasteiger partial charge in [0.1, 0.15) is 11.7 Å². The zero-order valence-electron chi connectivity index (χ0n) is 22.5. The van der Waals surface area contributed by atoms with E-state index in [9.17, 15) is 14.4 Å². The molecule has 3 N–H and O–H groups in total. The van der Waals surface area contributed by atoms with Crippen molar-refractivity contribution in [2.24, 2.45) is 5.73 Å². The molecular formula is C24H41N5O9S. The summed E-state index contributed by atoms with van der Waals surface area (Å²) < 4.78 is 28.8. The Labute approximate surface area is 232 Å². The number of imide groups is 1. The van der Waals surface area contributed by atoms with Gasteiger partial charge >= 0.3 is 5.97 Å². The molecule has 0 aliphatic carbocycles. The summed E-state index contributed by atoms with van der Waals surface area (Å²) >= 11 is 1.08. The van der Waals surface area contributed by atoms with E-state index in [0.717, 1.165) is 36.1 Å². The largest absolute Gasteiger partial charge is 0.480 e. The fraction of sp³-hybridized carbons (Fsp3) is 0.792. The second-order valence-corrected chi connectivity index (χ2v) is 9.91. The molecule has 0 saturated carbocycles. The van der Waals surface area contributed by atoms with E-state index in [4.69, 9.17) is 34.5 Å². The third-order valence-electron chi connectivity index (χ3n) is 5.50. The Balaban J connectivity index is 1.46. The summed E-state index contributed by atoms with van der Waals surface area (Å²) in [5.74, 6) is -1.80. The molecule has 15 heteroatoms. The molecule has 2 unspecified atom stereocenters. The minimum absolute atomic E-state index is 0.00944. The fourth-order valence-electron chi connectivity index (χ4n) is 3.31. The van der Waals surface area contributed by atoms with Crippen LogP contribution in [-0.2, 0) is 51.2 Å². The van der Waals surface area contributed by atoms with Crippen LogP contribution in [0.1, 0.15) is 31.9 Å². The van der Waals surface area contributed by atoms with Gasteiger partial charge < -0.3 is 34.5 Å². The number of carbonyl (C=O) groups is 3. The first-order chi connectivity index (χ1) is 18.9.